The maximum absolute atomic E-state index is 10.7. The van der Waals surface area contributed by atoms with E-state index in [9.17, 15) is 5.11 Å². The van der Waals surface area contributed by atoms with Gasteiger partial charge < -0.3 is 5.11 Å². The highest BCUT2D eigenvalue weighted by Crippen LogP contribution is 2.65. The quantitative estimate of drug-likeness (QED) is 0.549. The van der Waals surface area contributed by atoms with Crippen LogP contribution in [0, 0.1) is 40.9 Å². The first-order valence-corrected chi connectivity index (χ1v) is 9.43. The molecule has 0 aliphatic heterocycles. The van der Waals surface area contributed by atoms with Gasteiger partial charge in [0.1, 0.15) is 0 Å². The van der Waals surface area contributed by atoms with Crippen molar-refractivity contribution in [1.29, 1.82) is 0 Å². The molecule has 0 aromatic carbocycles. The van der Waals surface area contributed by atoms with Crippen LogP contribution in [0.4, 0.5) is 0 Å². The summed E-state index contributed by atoms with van der Waals surface area (Å²) in [7, 11) is 0. The lowest BCUT2D eigenvalue weighted by Crippen LogP contribution is -2.51. The van der Waals surface area contributed by atoms with Crippen LogP contribution in [0.3, 0.4) is 0 Å². The summed E-state index contributed by atoms with van der Waals surface area (Å²) >= 11 is 0. The molecule has 6 atom stereocenters. The summed E-state index contributed by atoms with van der Waals surface area (Å²) in [5.74, 6) is 5.19. The molecule has 22 heavy (non-hydrogen) atoms. The van der Waals surface area contributed by atoms with Crippen LogP contribution in [-0.2, 0) is 0 Å². The minimum absolute atomic E-state index is 0.0479. The number of hydrogen-bond donors (Lipinski definition) is 1. The average molecular weight is 298 g/mol. The SMILES string of the molecule is C#CC[C@]12CC[C@H]3[C@@H](CC=C4CCCC[C@@]43C)[C@@H]1CC[C@@H]2O. The summed E-state index contributed by atoms with van der Waals surface area (Å²) in [6.07, 6.45) is 20.3. The Kier molecular flexibility index (Phi) is 3.46. The van der Waals surface area contributed by atoms with E-state index in [0.717, 1.165) is 31.1 Å². The van der Waals surface area contributed by atoms with Gasteiger partial charge in [-0.05, 0) is 74.5 Å². The predicted octanol–water partition coefficient (Wildman–Crippen LogP) is 4.70. The van der Waals surface area contributed by atoms with Crippen LogP contribution in [0.2, 0.25) is 0 Å². The molecule has 4 aliphatic carbocycles. The van der Waals surface area contributed by atoms with Crippen molar-refractivity contribution < 1.29 is 5.11 Å². The van der Waals surface area contributed by atoms with Gasteiger partial charge in [0.25, 0.3) is 0 Å². The van der Waals surface area contributed by atoms with Crippen molar-refractivity contribution in [3.8, 4) is 12.3 Å². The molecular weight excluding hydrogens is 268 g/mol. The lowest BCUT2D eigenvalue weighted by Gasteiger charge is -2.57. The van der Waals surface area contributed by atoms with E-state index in [-0.39, 0.29) is 11.5 Å². The van der Waals surface area contributed by atoms with Gasteiger partial charge in [-0.25, -0.2) is 0 Å². The van der Waals surface area contributed by atoms with Crippen molar-refractivity contribution in [3.63, 3.8) is 0 Å². The Labute approximate surface area is 135 Å². The first kappa shape index (κ1) is 14.8. The molecule has 120 valence electrons. The third-order valence-corrected chi connectivity index (χ3v) is 8.12. The molecule has 0 unspecified atom stereocenters. The molecule has 3 saturated carbocycles. The molecular formula is C21H30O. The van der Waals surface area contributed by atoms with E-state index < -0.39 is 0 Å². The molecule has 0 aromatic rings. The molecule has 0 radical (unpaired) electrons. The van der Waals surface area contributed by atoms with Crippen molar-refractivity contribution >= 4 is 0 Å². The third kappa shape index (κ3) is 1.83. The average Bonchev–Trinajstić information content (AvgIpc) is 2.84. The smallest absolute Gasteiger partial charge is 0.0608 e. The van der Waals surface area contributed by atoms with Gasteiger partial charge >= 0.3 is 0 Å². The Hall–Kier alpha value is -0.740. The van der Waals surface area contributed by atoms with Gasteiger partial charge in [-0.15, -0.1) is 12.3 Å². The van der Waals surface area contributed by atoms with Crippen LogP contribution in [-0.4, -0.2) is 11.2 Å². The Morgan fingerprint density at radius 2 is 2.09 bits per heavy atom. The van der Waals surface area contributed by atoms with Gasteiger partial charge in [0.15, 0.2) is 0 Å². The Morgan fingerprint density at radius 3 is 2.91 bits per heavy atom. The fourth-order valence-electron chi connectivity index (χ4n) is 7.01. The largest absolute Gasteiger partial charge is 0.393 e. The lowest BCUT2D eigenvalue weighted by atomic mass is 9.47. The maximum Gasteiger partial charge on any atom is 0.0608 e. The number of allylic oxidation sites excluding steroid dienone is 2. The van der Waals surface area contributed by atoms with E-state index in [1.165, 1.54) is 44.9 Å². The fraction of sp³-hybridized carbons (Fsp3) is 0.810. The minimum Gasteiger partial charge on any atom is -0.393 e. The zero-order valence-corrected chi connectivity index (χ0v) is 14.0. The zero-order valence-electron chi connectivity index (χ0n) is 14.0. The Balaban J connectivity index is 1.70. The summed E-state index contributed by atoms with van der Waals surface area (Å²) in [5.41, 5.74) is 2.27. The van der Waals surface area contributed by atoms with Crippen molar-refractivity contribution in [3.05, 3.63) is 11.6 Å². The van der Waals surface area contributed by atoms with Crippen LogP contribution in [0.5, 0.6) is 0 Å². The topological polar surface area (TPSA) is 20.2 Å². The number of rotatable bonds is 1. The van der Waals surface area contributed by atoms with Crippen LogP contribution >= 0.6 is 0 Å². The second kappa shape index (κ2) is 5.13. The van der Waals surface area contributed by atoms with E-state index in [0.29, 0.717) is 11.3 Å². The molecule has 0 bridgehead atoms. The zero-order chi connectivity index (χ0) is 15.4. The molecule has 3 fully saturated rings. The van der Waals surface area contributed by atoms with Gasteiger partial charge in [0.2, 0.25) is 0 Å². The summed E-state index contributed by atoms with van der Waals surface area (Å²) in [4.78, 5) is 0. The Morgan fingerprint density at radius 1 is 1.23 bits per heavy atom. The highest BCUT2D eigenvalue weighted by Gasteiger charge is 2.59. The number of aliphatic hydroxyl groups excluding tert-OH is 1. The highest BCUT2D eigenvalue weighted by atomic mass is 16.3. The Bertz CT molecular complexity index is 527. The summed E-state index contributed by atoms with van der Waals surface area (Å²) < 4.78 is 0. The molecule has 1 nitrogen and oxygen atoms in total. The standard InChI is InChI=1S/C21H30O/c1-3-12-21-14-11-17-16(18(21)9-10-19(21)22)8-7-15-6-4-5-13-20(15,17)2/h1,7,16-19,22H,4-6,8-14H2,2H3/t16-,17+,18+,19+,20+,21+/m1/s1. The highest BCUT2D eigenvalue weighted by molar-refractivity contribution is 5.25. The predicted molar refractivity (Wildman–Crippen MR) is 90.1 cm³/mol. The first-order chi connectivity index (χ1) is 10.6. The van der Waals surface area contributed by atoms with Crippen molar-refractivity contribution in [2.45, 2.75) is 77.2 Å². The summed E-state index contributed by atoms with van der Waals surface area (Å²) in [5, 5.41) is 10.7. The molecule has 4 rings (SSSR count). The molecule has 1 heteroatoms. The second-order valence-corrected chi connectivity index (χ2v) is 8.71. The maximum atomic E-state index is 10.7. The normalized spacial score (nSPS) is 50.3. The number of hydrogen-bond acceptors (Lipinski definition) is 1. The van der Waals surface area contributed by atoms with Crippen molar-refractivity contribution in [1.82, 2.24) is 0 Å². The minimum atomic E-state index is -0.154. The van der Waals surface area contributed by atoms with Gasteiger partial charge in [-0.2, -0.15) is 0 Å². The molecule has 0 amide bonds. The number of aliphatic hydroxyl groups is 1. The first-order valence-electron chi connectivity index (χ1n) is 9.43. The monoisotopic (exact) mass is 298 g/mol. The molecule has 0 spiro atoms. The van der Waals surface area contributed by atoms with E-state index in [2.05, 4.69) is 18.9 Å². The van der Waals surface area contributed by atoms with E-state index >= 15 is 0 Å². The van der Waals surface area contributed by atoms with Crippen molar-refractivity contribution in [2.75, 3.05) is 0 Å². The molecule has 0 saturated heterocycles. The van der Waals surface area contributed by atoms with Crippen LogP contribution in [0.1, 0.15) is 71.1 Å². The van der Waals surface area contributed by atoms with E-state index in [4.69, 9.17) is 6.42 Å². The van der Waals surface area contributed by atoms with E-state index in [1.807, 2.05) is 0 Å². The third-order valence-electron chi connectivity index (χ3n) is 8.12. The van der Waals surface area contributed by atoms with E-state index in [1.54, 1.807) is 5.57 Å². The second-order valence-electron chi connectivity index (χ2n) is 8.71. The van der Waals surface area contributed by atoms with Gasteiger partial charge in [-0.1, -0.05) is 25.0 Å². The lowest BCUT2D eigenvalue weighted by molar-refractivity contribution is -0.0738. The van der Waals surface area contributed by atoms with Crippen LogP contribution in [0.25, 0.3) is 0 Å². The fourth-order valence-corrected chi connectivity index (χ4v) is 7.01. The van der Waals surface area contributed by atoms with Crippen molar-refractivity contribution in [2.24, 2.45) is 28.6 Å². The molecule has 4 aliphatic rings. The molecule has 0 heterocycles. The van der Waals surface area contributed by atoms with Crippen LogP contribution < -0.4 is 0 Å². The summed E-state index contributed by atoms with van der Waals surface area (Å²) in [6.45, 7) is 2.55. The van der Waals surface area contributed by atoms with Crippen LogP contribution in [0.15, 0.2) is 11.6 Å². The molecule has 1 N–H and O–H groups in total. The molecule has 0 aromatic heterocycles. The van der Waals surface area contributed by atoms with Gasteiger partial charge in [0, 0.05) is 11.8 Å². The summed E-state index contributed by atoms with van der Waals surface area (Å²) in [6, 6.07) is 0. The number of terminal acetylenes is 1. The van der Waals surface area contributed by atoms with Gasteiger partial charge in [0.05, 0.1) is 6.10 Å². The number of fused-ring (bicyclic) bond motifs is 5. The van der Waals surface area contributed by atoms with Gasteiger partial charge in [-0.3, -0.25) is 0 Å².